The molecule has 0 spiro atoms. The zero-order chi connectivity index (χ0) is 12.3. The normalized spacial score (nSPS) is 12.2. The van der Waals surface area contributed by atoms with Crippen molar-refractivity contribution in [3.63, 3.8) is 0 Å². The molecule has 0 fully saturated rings. The summed E-state index contributed by atoms with van der Waals surface area (Å²) >= 11 is 3.33. The molecule has 0 bridgehead atoms. The fourth-order valence-corrected chi connectivity index (χ4v) is 2.02. The summed E-state index contributed by atoms with van der Waals surface area (Å²) in [6, 6.07) is 8.73. The summed E-state index contributed by atoms with van der Waals surface area (Å²) in [5.41, 5.74) is 1.49. The Bertz CT molecular complexity index is 482. The van der Waals surface area contributed by atoms with Crippen molar-refractivity contribution in [2.75, 3.05) is 5.32 Å². The van der Waals surface area contributed by atoms with Crippen LogP contribution in [0.4, 0.5) is 10.1 Å². The van der Waals surface area contributed by atoms with Gasteiger partial charge in [-0.05, 0) is 46.6 Å². The number of hydrogen-bond acceptors (Lipinski definition) is 2. The van der Waals surface area contributed by atoms with Crippen LogP contribution in [0.5, 0.6) is 0 Å². The third kappa shape index (κ3) is 2.82. The van der Waals surface area contributed by atoms with Crippen molar-refractivity contribution in [2.24, 2.45) is 0 Å². The number of benzene rings is 1. The van der Waals surface area contributed by atoms with E-state index in [1.807, 2.05) is 19.1 Å². The predicted molar refractivity (Wildman–Crippen MR) is 70.4 cm³/mol. The molecule has 1 aromatic heterocycles. The van der Waals surface area contributed by atoms with E-state index in [1.165, 1.54) is 6.07 Å². The predicted octanol–water partition coefficient (Wildman–Crippen LogP) is 4.16. The van der Waals surface area contributed by atoms with Crippen LogP contribution in [0, 0.1) is 5.82 Å². The standard InChI is InChI=1S/C13H12BrFN2/c1-9(10-4-3-7-16-8-10)17-13-11(14)5-2-6-12(13)15/h2-9,17H,1H3. The zero-order valence-electron chi connectivity index (χ0n) is 9.32. The number of anilines is 1. The molecular weight excluding hydrogens is 283 g/mol. The van der Waals surface area contributed by atoms with Crippen LogP contribution >= 0.6 is 15.9 Å². The topological polar surface area (TPSA) is 24.9 Å². The molecule has 0 amide bonds. The number of aromatic nitrogens is 1. The summed E-state index contributed by atoms with van der Waals surface area (Å²) in [7, 11) is 0. The largest absolute Gasteiger partial charge is 0.375 e. The van der Waals surface area contributed by atoms with Gasteiger partial charge in [0.05, 0.1) is 11.7 Å². The molecule has 4 heteroatoms. The van der Waals surface area contributed by atoms with Crippen molar-refractivity contribution in [3.8, 4) is 0 Å². The molecule has 0 aliphatic rings. The molecule has 1 aromatic carbocycles. The number of hydrogen-bond donors (Lipinski definition) is 1. The minimum absolute atomic E-state index is 0.00287. The van der Waals surface area contributed by atoms with Crippen molar-refractivity contribution in [2.45, 2.75) is 13.0 Å². The van der Waals surface area contributed by atoms with E-state index < -0.39 is 0 Å². The highest BCUT2D eigenvalue weighted by atomic mass is 79.9. The number of pyridine rings is 1. The van der Waals surface area contributed by atoms with Gasteiger partial charge in [-0.15, -0.1) is 0 Å². The van der Waals surface area contributed by atoms with Gasteiger partial charge in [-0.2, -0.15) is 0 Å². The van der Waals surface area contributed by atoms with E-state index >= 15 is 0 Å². The van der Waals surface area contributed by atoms with Gasteiger partial charge in [0.15, 0.2) is 0 Å². The molecule has 2 nitrogen and oxygen atoms in total. The summed E-state index contributed by atoms with van der Waals surface area (Å²) in [6.07, 6.45) is 3.49. The third-order valence-electron chi connectivity index (χ3n) is 2.51. The maximum absolute atomic E-state index is 13.6. The molecule has 1 unspecified atom stereocenters. The fraction of sp³-hybridized carbons (Fsp3) is 0.154. The van der Waals surface area contributed by atoms with E-state index in [9.17, 15) is 4.39 Å². The van der Waals surface area contributed by atoms with Crippen molar-refractivity contribution >= 4 is 21.6 Å². The van der Waals surface area contributed by atoms with Gasteiger partial charge in [0.25, 0.3) is 0 Å². The molecule has 0 saturated carbocycles. The Morgan fingerprint density at radius 3 is 2.76 bits per heavy atom. The Kier molecular flexibility index (Phi) is 3.74. The molecule has 0 aliphatic carbocycles. The second kappa shape index (κ2) is 5.27. The summed E-state index contributed by atoms with van der Waals surface area (Å²) in [5.74, 6) is -0.268. The van der Waals surface area contributed by atoms with Crippen LogP contribution in [0.25, 0.3) is 0 Å². The SMILES string of the molecule is CC(Nc1c(F)cccc1Br)c1cccnc1. The lowest BCUT2D eigenvalue weighted by molar-refractivity contribution is 0.626. The van der Waals surface area contributed by atoms with Crippen LogP contribution in [0.2, 0.25) is 0 Å². The van der Waals surface area contributed by atoms with Gasteiger partial charge < -0.3 is 5.32 Å². The van der Waals surface area contributed by atoms with Crippen molar-refractivity contribution in [1.29, 1.82) is 0 Å². The molecule has 2 rings (SSSR count). The fourth-order valence-electron chi connectivity index (χ4n) is 1.57. The van der Waals surface area contributed by atoms with Crippen molar-refractivity contribution < 1.29 is 4.39 Å². The van der Waals surface area contributed by atoms with Gasteiger partial charge in [0.2, 0.25) is 0 Å². The maximum atomic E-state index is 13.6. The highest BCUT2D eigenvalue weighted by Crippen LogP contribution is 2.28. The van der Waals surface area contributed by atoms with Crippen molar-refractivity contribution in [3.05, 3.63) is 58.6 Å². The minimum Gasteiger partial charge on any atom is -0.375 e. The summed E-state index contributed by atoms with van der Waals surface area (Å²) in [6.45, 7) is 1.97. The second-order valence-corrected chi connectivity index (χ2v) is 4.60. The molecule has 1 N–H and O–H groups in total. The molecule has 2 aromatic rings. The van der Waals surface area contributed by atoms with Crippen LogP contribution in [0.15, 0.2) is 47.2 Å². The van der Waals surface area contributed by atoms with Crippen LogP contribution in [-0.2, 0) is 0 Å². The van der Waals surface area contributed by atoms with E-state index in [1.54, 1.807) is 24.5 Å². The Balaban J connectivity index is 2.22. The average Bonchev–Trinajstić information content (AvgIpc) is 2.35. The Morgan fingerprint density at radius 1 is 1.29 bits per heavy atom. The van der Waals surface area contributed by atoms with E-state index in [2.05, 4.69) is 26.2 Å². The number of nitrogens with one attached hydrogen (secondary N) is 1. The molecule has 17 heavy (non-hydrogen) atoms. The first-order chi connectivity index (χ1) is 8.18. The third-order valence-corrected chi connectivity index (χ3v) is 3.17. The summed E-state index contributed by atoms with van der Waals surface area (Å²) in [5, 5.41) is 3.13. The molecular formula is C13H12BrFN2. The first kappa shape index (κ1) is 12.0. The lowest BCUT2D eigenvalue weighted by atomic mass is 10.1. The summed E-state index contributed by atoms with van der Waals surface area (Å²) in [4.78, 5) is 4.05. The quantitative estimate of drug-likeness (QED) is 0.919. The Morgan fingerprint density at radius 2 is 2.12 bits per heavy atom. The monoisotopic (exact) mass is 294 g/mol. The first-order valence-electron chi connectivity index (χ1n) is 5.29. The Labute approximate surface area is 108 Å². The van der Waals surface area contributed by atoms with E-state index in [-0.39, 0.29) is 11.9 Å². The molecule has 0 aliphatic heterocycles. The van der Waals surface area contributed by atoms with Crippen LogP contribution in [0.1, 0.15) is 18.5 Å². The van der Waals surface area contributed by atoms with Crippen LogP contribution in [0.3, 0.4) is 0 Å². The first-order valence-corrected chi connectivity index (χ1v) is 6.08. The highest BCUT2D eigenvalue weighted by molar-refractivity contribution is 9.10. The second-order valence-electron chi connectivity index (χ2n) is 3.75. The van der Waals surface area contributed by atoms with Gasteiger partial charge in [-0.25, -0.2) is 4.39 Å². The lowest BCUT2D eigenvalue weighted by Gasteiger charge is -2.16. The zero-order valence-corrected chi connectivity index (χ0v) is 10.9. The minimum atomic E-state index is -0.268. The molecule has 88 valence electrons. The van der Waals surface area contributed by atoms with E-state index in [0.29, 0.717) is 10.2 Å². The molecule has 1 atom stereocenters. The number of para-hydroxylation sites is 1. The Hall–Kier alpha value is -1.42. The van der Waals surface area contributed by atoms with Crippen molar-refractivity contribution in [1.82, 2.24) is 4.98 Å². The number of rotatable bonds is 3. The smallest absolute Gasteiger partial charge is 0.147 e. The highest BCUT2D eigenvalue weighted by Gasteiger charge is 2.10. The number of halogens is 2. The summed E-state index contributed by atoms with van der Waals surface area (Å²) < 4.78 is 14.3. The van der Waals surface area contributed by atoms with E-state index in [0.717, 1.165) is 5.56 Å². The van der Waals surface area contributed by atoms with Crippen LogP contribution < -0.4 is 5.32 Å². The van der Waals surface area contributed by atoms with Crippen LogP contribution in [-0.4, -0.2) is 4.98 Å². The van der Waals surface area contributed by atoms with E-state index in [4.69, 9.17) is 0 Å². The van der Waals surface area contributed by atoms with Gasteiger partial charge >= 0.3 is 0 Å². The van der Waals surface area contributed by atoms with Gasteiger partial charge in [0.1, 0.15) is 5.82 Å². The molecule has 0 saturated heterocycles. The molecule has 1 heterocycles. The van der Waals surface area contributed by atoms with Gasteiger partial charge in [0, 0.05) is 16.9 Å². The lowest BCUT2D eigenvalue weighted by Crippen LogP contribution is -2.08. The molecule has 0 radical (unpaired) electrons. The number of nitrogens with zero attached hydrogens (tertiary/aromatic N) is 1. The van der Waals surface area contributed by atoms with Gasteiger partial charge in [-0.1, -0.05) is 12.1 Å². The average molecular weight is 295 g/mol. The van der Waals surface area contributed by atoms with Gasteiger partial charge in [-0.3, -0.25) is 4.98 Å². The maximum Gasteiger partial charge on any atom is 0.147 e.